The van der Waals surface area contributed by atoms with E-state index >= 15 is 0 Å². The van der Waals surface area contributed by atoms with Crippen LogP contribution in [0, 0.1) is 0 Å². The van der Waals surface area contributed by atoms with Crippen molar-refractivity contribution in [1.29, 1.82) is 0 Å². The van der Waals surface area contributed by atoms with Gasteiger partial charge in [-0.25, -0.2) is 0 Å². The molecule has 0 N–H and O–H groups in total. The van der Waals surface area contributed by atoms with Crippen molar-refractivity contribution in [1.82, 2.24) is 15.2 Å². The van der Waals surface area contributed by atoms with Crippen LogP contribution in [-0.2, 0) is 0 Å². The Morgan fingerprint density at radius 3 is 2.52 bits per heavy atom. The molecule has 0 bridgehead atoms. The second-order valence-electron chi connectivity index (χ2n) is 5.03. The first-order chi connectivity index (χ1) is 12.2. The number of carbonyl (C=O) groups is 1. The lowest BCUT2D eigenvalue weighted by atomic mass is 10.1. The summed E-state index contributed by atoms with van der Waals surface area (Å²) in [5, 5.41) is 9.47. The number of pyridine rings is 1. The summed E-state index contributed by atoms with van der Waals surface area (Å²) in [5.41, 5.74) is 1.29. The van der Waals surface area contributed by atoms with E-state index in [0.29, 0.717) is 22.2 Å². The number of hydrogen-bond donors (Lipinski definition) is 0. The standard InChI is InChI=1S/C17H16N4O3S/c1-21(16(22)12-5-4-6-13(23-2)14(12)24-3)17-20-19-15(25-17)11-7-9-18-10-8-11/h4-10H,1-3H3. The highest BCUT2D eigenvalue weighted by Gasteiger charge is 2.23. The molecule has 8 heteroatoms. The quantitative estimate of drug-likeness (QED) is 0.699. The average molecular weight is 356 g/mol. The summed E-state index contributed by atoms with van der Waals surface area (Å²) in [6, 6.07) is 8.85. The molecule has 0 radical (unpaired) electrons. The summed E-state index contributed by atoms with van der Waals surface area (Å²) in [4.78, 5) is 18.3. The second-order valence-corrected chi connectivity index (χ2v) is 5.99. The Labute approximate surface area is 148 Å². The van der Waals surface area contributed by atoms with Crippen LogP contribution in [0.4, 0.5) is 5.13 Å². The van der Waals surface area contributed by atoms with E-state index in [2.05, 4.69) is 15.2 Å². The van der Waals surface area contributed by atoms with Gasteiger partial charge < -0.3 is 9.47 Å². The van der Waals surface area contributed by atoms with Gasteiger partial charge in [0.15, 0.2) is 11.5 Å². The van der Waals surface area contributed by atoms with E-state index in [1.54, 1.807) is 37.6 Å². The number of benzene rings is 1. The van der Waals surface area contributed by atoms with Crippen molar-refractivity contribution in [2.75, 3.05) is 26.2 Å². The fraction of sp³-hybridized carbons (Fsp3) is 0.176. The number of anilines is 1. The van der Waals surface area contributed by atoms with Gasteiger partial charge in [0.1, 0.15) is 5.01 Å². The van der Waals surface area contributed by atoms with E-state index in [9.17, 15) is 4.79 Å². The smallest absolute Gasteiger partial charge is 0.263 e. The maximum Gasteiger partial charge on any atom is 0.263 e. The molecule has 0 atom stereocenters. The molecule has 1 aromatic carbocycles. The van der Waals surface area contributed by atoms with Gasteiger partial charge in [0.05, 0.1) is 19.8 Å². The van der Waals surface area contributed by atoms with Crippen LogP contribution in [0.3, 0.4) is 0 Å². The third-order valence-electron chi connectivity index (χ3n) is 3.57. The molecular formula is C17H16N4O3S. The molecule has 7 nitrogen and oxygen atoms in total. The zero-order valence-electron chi connectivity index (χ0n) is 14.0. The summed E-state index contributed by atoms with van der Waals surface area (Å²) in [7, 11) is 4.68. The monoisotopic (exact) mass is 356 g/mol. The molecule has 2 aromatic heterocycles. The third kappa shape index (κ3) is 3.29. The lowest BCUT2D eigenvalue weighted by molar-refractivity contribution is 0.0989. The predicted molar refractivity (Wildman–Crippen MR) is 95.4 cm³/mol. The lowest BCUT2D eigenvalue weighted by Gasteiger charge is -2.16. The summed E-state index contributed by atoms with van der Waals surface area (Å²) in [6.45, 7) is 0. The number of nitrogens with zero attached hydrogens (tertiary/aromatic N) is 4. The van der Waals surface area contributed by atoms with Crippen molar-refractivity contribution < 1.29 is 14.3 Å². The minimum absolute atomic E-state index is 0.256. The van der Waals surface area contributed by atoms with Crippen LogP contribution < -0.4 is 14.4 Å². The topological polar surface area (TPSA) is 77.4 Å². The highest BCUT2D eigenvalue weighted by Crippen LogP contribution is 2.33. The van der Waals surface area contributed by atoms with Crippen molar-refractivity contribution >= 4 is 22.4 Å². The molecule has 3 aromatic rings. The number of aromatic nitrogens is 3. The Bertz CT molecular complexity index is 883. The molecule has 0 aliphatic carbocycles. The second kappa shape index (κ2) is 7.27. The molecule has 0 saturated heterocycles. The van der Waals surface area contributed by atoms with Crippen LogP contribution >= 0.6 is 11.3 Å². The molecule has 0 fully saturated rings. The van der Waals surface area contributed by atoms with E-state index in [-0.39, 0.29) is 5.91 Å². The minimum Gasteiger partial charge on any atom is -0.493 e. The van der Waals surface area contributed by atoms with Crippen molar-refractivity contribution in [3.63, 3.8) is 0 Å². The van der Waals surface area contributed by atoms with Crippen LogP contribution in [0.15, 0.2) is 42.7 Å². The van der Waals surface area contributed by atoms with E-state index < -0.39 is 0 Å². The van der Waals surface area contributed by atoms with E-state index in [1.807, 2.05) is 12.1 Å². The van der Waals surface area contributed by atoms with Gasteiger partial charge in [-0.05, 0) is 24.3 Å². The molecular weight excluding hydrogens is 340 g/mol. The first-order valence-electron chi connectivity index (χ1n) is 7.38. The Morgan fingerprint density at radius 1 is 1.08 bits per heavy atom. The van der Waals surface area contributed by atoms with E-state index in [4.69, 9.17) is 9.47 Å². The first-order valence-corrected chi connectivity index (χ1v) is 8.20. The fourth-order valence-corrected chi connectivity index (χ4v) is 3.10. The average Bonchev–Trinajstić information content (AvgIpc) is 3.17. The van der Waals surface area contributed by atoms with Gasteiger partial charge in [-0.15, -0.1) is 10.2 Å². The van der Waals surface area contributed by atoms with Crippen LogP contribution in [0.1, 0.15) is 10.4 Å². The number of hydrogen-bond acceptors (Lipinski definition) is 7. The Morgan fingerprint density at radius 2 is 1.84 bits per heavy atom. The Balaban J connectivity index is 1.90. The third-order valence-corrected chi connectivity index (χ3v) is 4.62. The highest BCUT2D eigenvalue weighted by molar-refractivity contribution is 7.18. The van der Waals surface area contributed by atoms with Crippen LogP contribution in [0.25, 0.3) is 10.6 Å². The lowest BCUT2D eigenvalue weighted by Crippen LogP contribution is -2.26. The molecule has 0 unspecified atom stereocenters. The molecule has 1 amide bonds. The molecule has 0 saturated carbocycles. The number of carbonyl (C=O) groups excluding carboxylic acids is 1. The van der Waals surface area contributed by atoms with Crippen molar-refractivity contribution in [2.24, 2.45) is 0 Å². The van der Waals surface area contributed by atoms with Gasteiger partial charge in [-0.2, -0.15) is 0 Å². The minimum atomic E-state index is -0.256. The summed E-state index contributed by atoms with van der Waals surface area (Å²) in [6.07, 6.45) is 3.37. The van der Waals surface area contributed by atoms with Crippen LogP contribution in [-0.4, -0.2) is 42.4 Å². The predicted octanol–water partition coefficient (Wildman–Crippen LogP) is 2.89. The van der Waals surface area contributed by atoms with Gasteiger partial charge >= 0.3 is 0 Å². The molecule has 0 spiro atoms. The number of amides is 1. The zero-order chi connectivity index (χ0) is 17.8. The molecule has 25 heavy (non-hydrogen) atoms. The molecule has 3 rings (SSSR count). The van der Waals surface area contributed by atoms with Gasteiger partial charge in [0.2, 0.25) is 5.13 Å². The van der Waals surface area contributed by atoms with Crippen LogP contribution in [0.5, 0.6) is 11.5 Å². The highest BCUT2D eigenvalue weighted by atomic mass is 32.1. The Hall–Kier alpha value is -3.00. The largest absolute Gasteiger partial charge is 0.493 e. The fourth-order valence-electron chi connectivity index (χ4n) is 2.29. The van der Waals surface area contributed by atoms with Gasteiger partial charge in [0.25, 0.3) is 5.91 Å². The summed E-state index contributed by atoms with van der Waals surface area (Å²) >= 11 is 1.32. The van der Waals surface area contributed by atoms with E-state index in [1.165, 1.54) is 30.5 Å². The van der Waals surface area contributed by atoms with Crippen molar-refractivity contribution in [3.05, 3.63) is 48.3 Å². The summed E-state index contributed by atoms with van der Waals surface area (Å²) in [5.74, 6) is 0.630. The first kappa shape index (κ1) is 16.8. The normalized spacial score (nSPS) is 10.4. The molecule has 128 valence electrons. The van der Waals surface area contributed by atoms with Crippen molar-refractivity contribution in [2.45, 2.75) is 0 Å². The summed E-state index contributed by atoms with van der Waals surface area (Å²) < 4.78 is 10.6. The SMILES string of the molecule is COc1cccc(C(=O)N(C)c2nnc(-c3ccncc3)s2)c1OC. The maximum atomic E-state index is 12.9. The molecule has 2 heterocycles. The molecule has 0 aliphatic rings. The number of ether oxygens (including phenoxy) is 2. The Kier molecular flexibility index (Phi) is 4.90. The zero-order valence-corrected chi connectivity index (χ0v) is 14.8. The number of rotatable bonds is 5. The van der Waals surface area contributed by atoms with Crippen LogP contribution in [0.2, 0.25) is 0 Å². The maximum absolute atomic E-state index is 12.9. The van der Waals surface area contributed by atoms with Gasteiger partial charge in [-0.1, -0.05) is 17.4 Å². The number of methoxy groups -OCH3 is 2. The number of para-hydroxylation sites is 1. The van der Waals surface area contributed by atoms with Crippen molar-refractivity contribution in [3.8, 4) is 22.1 Å². The van der Waals surface area contributed by atoms with E-state index in [0.717, 1.165) is 10.6 Å². The molecule has 0 aliphatic heterocycles. The van der Waals surface area contributed by atoms with Gasteiger partial charge in [0, 0.05) is 25.0 Å². The van der Waals surface area contributed by atoms with Gasteiger partial charge in [-0.3, -0.25) is 14.7 Å².